The molecule has 1 saturated carbocycles. The van der Waals surface area contributed by atoms with E-state index >= 15 is 0 Å². The summed E-state index contributed by atoms with van der Waals surface area (Å²) in [5.41, 5.74) is 0.147. The van der Waals surface area contributed by atoms with E-state index in [9.17, 15) is 14.4 Å². The minimum Gasteiger partial charge on any atom is -0.478 e. The van der Waals surface area contributed by atoms with E-state index in [1.54, 1.807) is 4.90 Å². The molecule has 1 atom stereocenters. The Bertz CT molecular complexity index is 612. The van der Waals surface area contributed by atoms with E-state index in [1.807, 2.05) is 0 Å². The first-order chi connectivity index (χ1) is 10.1. The molecule has 1 aliphatic carbocycles. The molecule has 1 aromatic rings. The zero-order chi connectivity index (χ0) is 15.0. The first-order valence-electron chi connectivity index (χ1n) is 6.84. The first kappa shape index (κ1) is 13.5. The molecule has 0 bridgehead atoms. The normalized spacial score (nSPS) is 21.4. The summed E-state index contributed by atoms with van der Waals surface area (Å²) in [4.78, 5) is 40.7. The van der Waals surface area contributed by atoms with Crippen molar-refractivity contribution in [2.45, 2.75) is 25.3 Å². The van der Waals surface area contributed by atoms with Crippen LogP contribution in [0.1, 0.15) is 29.6 Å². The number of amides is 2. The van der Waals surface area contributed by atoms with Crippen LogP contribution in [0.4, 0.5) is 5.69 Å². The van der Waals surface area contributed by atoms with Crippen LogP contribution in [0.2, 0.25) is 0 Å². The molecule has 1 aliphatic heterocycles. The Morgan fingerprint density at radius 2 is 2.14 bits per heavy atom. The number of carbonyl (C=O) groups excluding carboxylic acids is 2. The van der Waals surface area contributed by atoms with Gasteiger partial charge in [0.2, 0.25) is 11.8 Å². The number of nitrogens with one attached hydrogen (secondary N) is 1. The van der Waals surface area contributed by atoms with Crippen LogP contribution in [0.3, 0.4) is 0 Å². The second-order valence-electron chi connectivity index (χ2n) is 5.39. The van der Waals surface area contributed by atoms with E-state index in [-0.39, 0.29) is 29.5 Å². The number of aromatic carboxylic acids is 1. The molecule has 1 aromatic heterocycles. The van der Waals surface area contributed by atoms with Crippen molar-refractivity contribution in [2.75, 3.05) is 11.9 Å². The molecule has 2 fully saturated rings. The van der Waals surface area contributed by atoms with Crippen molar-refractivity contribution in [3.8, 4) is 0 Å². The molecule has 2 N–H and O–H groups in total. The predicted octanol–water partition coefficient (Wildman–Crippen LogP) is 0.729. The zero-order valence-electron chi connectivity index (χ0n) is 11.3. The highest BCUT2D eigenvalue weighted by Crippen LogP contribution is 2.33. The van der Waals surface area contributed by atoms with Crippen LogP contribution < -0.4 is 5.32 Å². The van der Waals surface area contributed by atoms with Crippen LogP contribution >= 0.6 is 0 Å². The van der Waals surface area contributed by atoms with E-state index in [0.717, 1.165) is 12.8 Å². The zero-order valence-corrected chi connectivity index (χ0v) is 11.3. The Morgan fingerprint density at radius 1 is 1.38 bits per heavy atom. The maximum Gasteiger partial charge on any atom is 0.337 e. The highest BCUT2D eigenvalue weighted by atomic mass is 16.4. The lowest BCUT2D eigenvalue weighted by Crippen LogP contribution is -2.30. The number of carboxylic acid groups (broad SMARTS) is 1. The maximum atomic E-state index is 12.2. The molecule has 110 valence electrons. The minimum absolute atomic E-state index is 0.00212. The average Bonchev–Trinajstić information content (AvgIpc) is 3.22. The van der Waals surface area contributed by atoms with Gasteiger partial charge in [-0.15, -0.1) is 0 Å². The lowest BCUT2D eigenvalue weighted by molar-refractivity contribution is -0.128. The molecule has 2 aliphatic rings. The van der Waals surface area contributed by atoms with Gasteiger partial charge in [0, 0.05) is 25.2 Å². The molecule has 1 unspecified atom stereocenters. The molecule has 0 aromatic carbocycles. The van der Waals surface area contributed by atoms with Crippen molar-refractivity contribution in [1.82, 2.24) is 9.88 Å². The molecule has 1 saturated heterocycles. The predicted molar refractivity (Wildman–Crippen MR) is 72.7 cm³/mol. The van der Waals surface area contributed by atoms with Gasteiger partial charge in [-0.3, -0.25) is 14.6 Å². The van der Waals surface area contributed by atoms with Gasteiger partial charge in [-0.05, 0) is 18.9 Å². The second kappa shape index (κ2) is 5.16. The van der Waals surface area contributed by atoms with Crippen molar-refractivity contribution in [3.05, 3.63) is 24.0 Å². The van der Waals surface area contributed by atoms with Gasteiger partial charge in [0.1, 0.15) is 0 Å². The molecule has 3 rings (SSSR count). The fourth-order valence-electron chi connectivity index (χ4n) is 2.56. The summed E-state index contributed by atoms with van der Waals surface area (Å²) in [6, 6.07) is 1.62. The summed E-state index contributed by atoms with van der Waals surface area (Å²) >= 11 is 0. The van der Waals surface area contributed by atoms with E-state index in [4.69, 9.17) is 5.11 Å². The molecule has 2 amide bonds. The number of carboxylic acids is 1. The average molecular weight is 289 g/mol. The number of likely N-dealkylation sites (tertiary alicyclic amines) is 1. The first-order valence-corrected chi connectivity index (χ1v) is 6.84. The molecule has 7 heteroatoms. The van der Waals surface area contributed by atoms with E-state index < -0.39 is 11.9 Å². The number of hydrogen-bond acceptors (Lipinski definition) is 4. The summed E-state index contributed by atoms with van der Waals surface area (Å²) in [5, 5.41) is 11.6. The SMILES string of the molecule is O=C(O)c1ccncc1NC(=O)C1CC(=O)N(C2CC2)C1. The Morgan fingerprint density at radius 3 is 2.81 bits per heavy atom. The number of hydrogen-bond donors (Lipinski definition) is 2. The largest absolute Gasteiger partial charge is 0.478 e. The second-order valence-corrected chi connectivity index (χ2v) is 5.39. The topological polar surface area (TPSA) is 99.6 Å². The van der Waals surface area contributed by atoms with E-state index in [2.05, 4.69) is 10.3 Å². The highest BCUT2D eigenvalue weighted by Gasteiger charge is 2.41. The lowest BCUT2D eigenvalue weighted by Gasteiger charge is -2.15. The number of carbonyl (C=O) groups is 3. The Hall–Kier alpha value is -2.44. The van der Waals surface area contributed by atoms with Gasteiger partial charge in [0.25, 0.3) is 0 Å². The van der Waals surface area contributed by atoms with Crippen molar-refractivity contribution < 1.29 is 19.5 Å². The molecule has 7 nitrogen and oxygen atoms in total. The fourth-order valence-corrected chi connectivity index (χ4v) is 2.56. The summed E-state index contributed by atoms with van der Waals surface area (Å²) in [6.45, 7) is 0.415. The number of aromatic nitrogens is 1. The van der Waals surface area contributed by atoms with Crippen LogP contribution in [0.5, 0.6) is 0 Å². The molecule has 2 heterocycles. The summed E-state index contributed by atoms with van der Waals surface area (Å²) in [7, 11) is 0. The Labute approximate surface area is 121 Å². The van der Waals surface area contributed by atoms with Gasteiger partial charge in [0.05, 0.1) is 23.4 Å². The van der Waals surface area contributed by atoms with Crippen molar-refractivity contribution >= 4 is 23.5 Å². The third-order valence-corrected chi connectivity index (χ3v) is 3.83. The monoisotopic (exact) mass is 289 g/mol. The Kier molecular flexibility index (Phi) is 3.32. The number of anilines is 1. The number of pyridine rings is 1. The van der Waals surface area contributed by atoms with Gasteiger partial charge in [-0.2, -0.15) is 0 Å². The third-order valence-electron chi connectivity index (χ3n) is 3.83. The number of rotatable bonds is 4. The van der Waals surface area contributed by atoms with Crippen LogP contribution in [0.15, 0.2) is 18.5 Å². The van der Waals surface area contributed by atoms with Gasteiger partial charge in [-0.1, -0.05) is 0 Å². The van der Waals surface area contributed by atoms with E-state index in [1.165, 1.54) is 18.5 Å². The standard InChI is InChI=1S/C14H15N3O4/c18-12-5-8(7-17(12)9-1-2-9)13(19)16-11-6-15-4-3-10(11)14(20)21/h3-4,6,8-9H,1-2,5,7H2,(H,16,19)(H,20,21). The quantitative estimate of drug-likeness (QED) is 0.851. The van der Waals surface area contributed by atoms with Crippen LogP contribution in [0, 0.1) is 5.92 Å². The van der Waals surface area contributed by atoms with Gasteiger partial charge in [-0.25, -0.2) is 4.79 Å². The third kappa shape index (κ3) is 2.72. The summed E-state index contributed by atoms with van der Waals surface area (Å²) in [5.74, 6) is -1.89. The maximum absolute atomic E-state index is 12.2. The lowest BCUT2D eigenvalue weighted by atomic mass is 10.1. The van der Waals surface area contributed by atoms with Crippen LogP contribution in [0.25, 0.3) is 0 Å². The van der Waals surface area contributed by atoms with Crippen LogP contribution in [-0.4, -0.2) is 45.4 Å². The minimum atomic E-state index is -1.13. The summed E-state index contributed by atoms with van der Waals surface area (Å²) < 4.78 is 0. The fraction of sp³-hybridized carbons (Fsp3) is 0.429. The van der Waals surface area contributed by atoms with Crippen molar-refractivity contribution in [2.24, 2.45) is 5.92 Å². The van der Waals surface area contributed by atoms with E-state index in [0.29, 0.717) is 12.6 Å². The van der Waals surface area contributed by atoms with Crippen LogP contribution in [-0.2, 0) is 9.59 Å². The smallest absolute Gasteiger partial charge is 0.337 e. The Balaban J connectivity index is 1.70. The molecule has 21 heavy (non-hydrogen) atoms. The molecular weight excluding hydrogens is 274 g/mol. The highest BCUT2D eigenvalue weighted by molar-refractivity contribution is 6.02. The van der Waals surface area contributed by atoms with Crippen molar-refractivity contribution in [3.63, 3.8) is 0 Å². The number of nitrogens with zero attached hydrogens (tertiary/aromatic N) is 2. The van der Waals surface area contributed by atoms with Gasteiger partial charge >= 0.3 is 5.97 Å². The molecule has 0 radical (unpaired) electrons. The molecule has 0 spiro atoms. The van der Waals surface area contributed by atoms with Gasteiger partial charge < -0.3 is 15.3 Å². The van der Waals surface area contributed by atoms with Crippen molar-refractivity contribution in [1.29, 1.82) is 0 Å². The summed E-state index contributed by atoms with van der Waals surface area (Å²) in [6.07, 6.45) is 4.85. The van der Waals surface area contributed by atoms with Gasteiger partial charge in [0.15, 0.2) is 0 Å². The molecular formula is C14H15N3O4.